The predicted molar refractivity (Wildman–Crippen MR) is 90.1 cm³/mol. The largest absolute Gasteiger partial charge is 0.370 e. The van der Waals surface area contributed by atoms with Gasteiger partial charge >= 0.3 is 0 Å². The highest BCUT2D eigenvalue weighted by atomic mass is 28.3. The number of pyridine rings is 1. The molecular formula is C17H26N2O2Si. The van der Waals surface area contributed by atoms with Crippen LogP contribution >= 0.6 is 0 Å². The van der Waals surface area contributed by atoms with Crippen LogP contribution in [0.1, 0.15) is 18.4 Å². The van der Waals surface area contributed by atoms with Crippen molar-refractivity contribution in [2.45, 2.75) is 56.1 Å². The van der Waals surface area contributed by atoms with Gasteiger partial charge in [0.05, 0.1) is 12.2 Å². The van der Waals surface area contributed by atoms with Crippen molar-refractivity contribution in [3.8, 4) is 0 Å². The average molecular weight is 318 g/mol. The van der Waals surface area contributed by atoms with Gasteiger partial charge in [-0.3, -0.25) is 0 Å². The number of aromatic nitrogens is 1. The number of anilines is 1. The van der Waals surface area contributed by atoms with E-state index in [2.05, 4.69) is 41.7 Å². The molecule has 1 aliphatic carbocycles. The minimum absolute atomic E-state index is 0.263. The van der Waals surface area contributed by atoms with Crippen molar-refractivity contribution in [2.75, 3.05) is 24.8 Å². The first-order valence-corrected chi connectivity index (χ1v) is 12.1. The van der Waals surface area contributed by atoms with Crippen molar-refractivity contribution < 1.29 is 9.47 Å². The lowest BCUT2D eigenvalue weighted by atomic mass is 9.81. The second kappa shape index (κ2) is 5.04. The predicted octanol–water partition coefficient (Wildman–Crippen LogP) is 3.01. The van der Waals surface area contributed by atoms with Crippen molar-refractivity contribution in [1.29, 1.82) is 0 Å². The van der Waals surface area contributed by atoms with Crippen molar-refractivity contribution in [2.24, 2.45) is 0 Å². The van der Waals surface area contributed by atoms with Crippen LogP contribution in [0.3, 0.4) is 0 Å². The van der Waals surface area contributed by atoms with E-state index in [-0.39, 0.29) is 5.41 Å². The molecule has 1 saturated heterocycles. The monoisotopic (exact) mass is 318 g/mol. The Morgan fingerprint density at radius 3 is 2.86 bits per heavy atom. The Morgan fingerprint density at radius 1 is 1.36 bits per heavy atom. The van der Waals surface area contributed by atoms with E-state index in [1.54, 1.807) is 0 Å². The van der Waals surface area contributed by atoms with Crippen LogP contribution in [0.25, 0.3) is 0 Å². The van der Waals surface area contributed by atoms with Crippen LogP contribution in [0.2, 0.25) is 25.7 Å². The summed E-state index contributed by atoms with van der Waals surface area (Å²) < 4.78 is 11.6. The summed E-state index contributed by atoms with van der Waals surface area (Å²) in [5.74, 6) is 1.14. The van der Waals surface area contributed by atoms with Crippen LogP contribution in [0.15, 0.2) is 18.3 Å². The SMILES string of the molecule is C[Si](C)(C)CCOCN1CC2(CC3OC3C2)c2cccnc21. The second-order valence-electron chi connectivity index (χ2n) is 8.32. The van der Waals surface area contributed by atoms with Gasteiger partial charge in [-0.2, -0.15) is 0 Å². The molecule has 0 amide bonds. The summed E-state index contributed by atoms with van der Waals surface area (Å²) >= 11 is 0. The summed E-state index contributed by atoms with van der Waals surface area (Å²) in [5, 5.41) is 0. The number of ether oxygens (including phenoxy) is 2. The topological polar surface area (TPSA) is 37.9 Å². The average Bonchev–Trinajstić information content (AvgIpc) is 2.97. The van der Waals surface area contributed by atoms with Gasteiger partial charge in [0.25, 0.3) is 0 Å². The molecule has 0 radical (unpaired) electrons. The molecule has 2 unspecified atom stereocenters. The Balaban J connectivity index is 1.44. The highest BCUT2D eigenvalue weighted by Crippen LogP contribution is 2.56. The quantitative estimate of drug-likeness (QED) is 0.475. The Kier molecular flexibility index (Phi) is 3.36. The van der Waals surface area contributed by atoms with Crippen LogP contribution in [0.5, 0.6) is 0 Å². The maximum Gasteiger partial charge on any atom is 0.134 e. The van der Waals surface area contributed by atoms with E-state index in [1.165, 1.54) is 11.6 Å². The smallest absolute Gasteiger partial charge is 0.134 e. The molecule has 1 spiro atoms. The van der Waals surface area contributed by atoms with Gasteiger partial charge in [0, 0.05) is 38.4 Å². The fourth-order valence-corrected chi connectivity index (χ4v) is 4.75. The molecule has 3 heterocycles. The van der Waals surface area contributed by atoms with Crippen molar-refractivity contribution in [3.05, 3.63) is 23.9 Å². The number of hydrogen-bond acceptors (Lipinski definition) is 4. The first-order chi connectivity index (χ1) is 10.5. The van der Waals surface area contributed by atoms with E-state index in [1.807, 2.05) is 6.20 Å². The molecule has 2 aliphatic heterocycles. The van der Waals surface area contributed by atoms with Crippen molar-refractivity contribution >= 4 is 13.9 Å². The van der Waals surface area contributed by atoms with E-state index in [0.717, 1.165) is 31.8 Å². The fraction of sp³-hybridized carbons (Fsp3) is 0.706. The van der Waals surface area contributed by atoms with Gasteiger partial charge in [-0.05, 0) is 25.0 Å². The zero-order valence-electron chi connectivity index (χ0n) is 13.8. The van der Waals surface area contributed by atoms with E-state index in [9.17, 15) is 0 Å². The van der Waals surface area contributed by atoms with Gasteiger partial charge in [0.15, 0.2) is 0 Å². The van der Waals surface area contributed by atoms with E-state index in [4.69, 9.17) is 9.47 Å². The molecule has 120 valence electrons. The standard InChI is InChI=1S/C17H26N2O2Si/c1-22(2,3)8-7-20-12-19-11-17(9-14-15(10-17)21-14)13-5-4-6-18-16(13)19/h4-6,14-15H,7-12H2,1-3H3. The highest BCUT2D eigenvalue weighted by molar-refractivity contribution is 6.76. The first kappa shape index (κ1) is 14.7. The molecule has 4 nitrogen and oxygen atoms in total. The molecule has 3 aliphatic rings. The van der Waals surface area contributed by atoms with Crippen LogP contribution in [0, 0.1) is 0 Å². The van der Waals surface area contributed by atoms with Crippen LogP contribution in [-0.4, -0.2) is 45.1 Å². The Labute approximate surface area is 133 Å². The van der Waals surface area contributed by atoms with Crippen molar-refractivity contribution in [1.82, 2.24) is 4.98 Å². The summed E-state index contributed by atoms with van der Waals surface area (Å²) in [5.41, 5.74) is 1.68. The van der Waals surface area contributed by atoms with Gasteiger partial charge in [-0.25, -0.2) is 4.98 Å². The van der Waals surface area contributed by atoms with Gasteiger partial charge in [0.2, 0.25) is 0 Å². The van der Waals surface area contributed by atoms with Crippen LogP contribution in [0.4, 0.5) is 5.82 Å². The fourth-order valence-electron chi connectivity index (χ4n) is 3.99. The van der Waals surface area contributed by atoms with Gasteiger partial charge in [-0.1, -0.05) is 25.7 Å². The highest BCUT2D eigenvalue weighted by Gasteiger charge is 2.59. The molecular weight excluding hydrogens is 292 g/mol. The molecule has 22 heavy (non-hydrogen) atoms. The van der Waals surface area contributed by atoms with Gasteiger partial charge in [-0.15, -0.1) is 0 Å². The van der Waals surface area contributed by atoms with E-state index in [0.29, 0.717) is 18.9 Å². The Bertz CT molecular complexity index is 562. The minimum atomic E-state index is -1.02. The molecule has 4 rings (SSSR count). The summed E-state index contributed by atoms with van der Waals surface area (Å²) in [6.07, 6.45) is 5.21. The number of nitrogens with zero attached hydrogens (tertiary/aromatic N) is 2. The molecule has 1 aromatic heterocycles. The lowest BCUT2D eigenvalue weighted by Gasteiger charge is -2.26. The third-order valence-electron chi connectivity index (χ3n) is 5.27. The lowest BCUT2D eigenvalue weighted by molar-refractivity contribution is 0.142. The van der Waals surface area contributed by atoms with E-state index >= 15 is 0 Å². The van der Waals surface area contributed by atoms with Gasteiger partial charge in [0.1, 0.15) is 12.5 Å². The zero-order chi connectivity index (χ0) is 15.4. The zero-order valence-corrected chi connectivity index (χ0v) is 14.8. The Morgan fingerprint density at radius 2 is 2.14 bits per heavy atom. The van der Waals surface area contributed by atoms with Crippen molar-refractivity contribution in [3.63, 3.8) is 0 Å². The third-order valence-corrected chi connectivity index (χ3v) is 6.97. The molecule has 0 aromatic carbocycles. The second-order valence-corrected chi connectivity index (χ2v) is 13.9. The molecule has 2 fully saturated rings. The number of hydrogen-bond donors (Lipinski definition) is 0. The maximum absolute atomic E-state index is 5.98. The molecule has 0 bridgehead atoms. The summed E-state index contributed by atoms with van der Waals surface area (Å²) in [6, 6.07) is 5.55. The molecule has 2 atom stereocenters. The number of rotatable bonds is 5. The van der Waals surface area contributed by atoms with Crippen LogP contribution in [-0.2, 0) is 14.9 Å². The molecule has 0 N–H and O–H groups in total. The third kappa shape index (κ3) is 2.59. The summed E-state index contributed by atoms with van der Waals surface area (Å²) in [6.45, 7) is 9.76. The number of fused-ring (bicyclic) bond motifs is 3. The minimum Gasteiger partial charge on any atom is -0.370 e. The maximum atomic E-state index is 5.98. The molecule has 1 saturated carbocycles. The van der Waals surface area contributed by atoms with E-state index < -0.39 is 8.07 Å². The number of epoxide rings is 1. The van der Waals surface area contributed by atoms with Crippen LogP contribution < -0.4 is 4.90 Å². The summed E-state index contributed by atoms with van der Waals surface area (Å²) in [7, 11) is -1.02. The van der Waals surface area contributed by atoms with Gasteiger partial charge < -0.3 is 14.4 Å². The summed E-state index contributed by atoms with van der Waals surface area (Å²) in [4.78, 5) is 6.98. The molecule has 1 aromatic rings. The first-order valence-electron chi connectivity index (χ1n) is 8.41. The Hall–Kier alpha value is -0.913. The normalized spacial score (nSPS) is 32.4. The molecule has 5 heteroatoms. The lowest BCUT2D eigenvalue weighted by Crippen LogP contribution is -2.35.